The molecule has 0 bridgehead atoms. The third-order valence-corrected chi connectivity index (χ3v) is 2.15. The lowest BCUT2D eigenvalue weighted by Crippen LogP contribution is -2.01. The molecule has 0 aliphatic heterocycles. The summed E-state index contributed by atoms with van der Waals surface area (Å²) in [6, 6.07) is 0. The molecule has 1 aliphatic rings. The van der Waals surface area contributed by atoms with E-state index in [2.05, 4.69) is 11.6 Å². The maximum absolute atomic E-state index is 11.6. The number of aliphatic imine (C=N–C) groups is 1. The number of Topliss-reactive ketones (excluding diaryl/α,β-unsaturated/α-hetero) is 1. The van der Waals surface area contributed by atoms with Crippen LogP contribution in [0.3, 0.4) is 0 Å². The summed E-state index contributed by atoms with van der Waals surface area (Å²) in [5.74, 6) is 0.782. The molecular formula is C12H17NO. The highest BCUT2D eigenvalue weighted by molar-refractivity contribution is 5.97. The Morgan fingerprint density at radius 2 is 2.21 bits per heavy atom. The van der Waals surface area contributed by atoms with E-state index in [1.807, 2.05) is 13.8 Å². The van der Waals surface area contributed by atoms with Gasteiger partial charge in [0.05, 0.1) is 0 Å². The highest BCUT2D eigenvalue weighted by atomic mass is 16.1. The third kappa shape index (κ3) is 3.69. The minimum atomic E-state index is 0.160. The minimum absolute atomic E-state index is 0.160. The molecule has 1 aliphatic carbocycles. The van der Waals surface area contributed by atoms with Gasteiger partial charge in [0.1, 0.15) is 5.70 Å². The van der Waals surface area contributed by atoms with Gasteiger partial charge in [-0.1, -0.05) is 12.7 Å². The molecule has 0 aromatic heterocycles. The number of nitrogens with zero attached hydrogens (tertiary/aromatic N) is 1. The van der Waals surface area contributed by atoms with E-state index in [9.17, 15) is 4.79 Å². The third-order valence-electron chi connectivity index (χ3n) is 2.15. The van der Waals surface area contributed by atoms with Crippen molar-refractivity contribution < 1.29 is 4.79 Å². The molecular weight excluding hydrogens is 174 g/mol. The molecule has 0 amide bonds. The molecule has 0 saturated heterocycles. The molecule has 0 unspecified atom stereocenters. The molecule has 14 heavy (non-hydrogen) atoms. The van der Waals surface area contributed by atoms with Gasteiger partial charge in [-0.25, -0.2) is 0 Å². The van der Waals surface area contributed by atoms with Crippen LogP contribution < -0.4 is 0 Å². The van der Waals surface area contributed by atoms with Gasteiger partial charge in [-0.2, -0.15) is 0 Å². The average molecular weight is 191 g/mol. The van der Waals surface area contributed by atoms with Crippen molar-refractivity contribution in [3.63, 3.8) is 0 Å². The topological polar surface area (TPSA) is 29.4 Å². The van der Waals surface area contributed by atoms with E-state index < -0.39 is 0 Å². The summed E-state index contributed by atoms with van der Waals surface area (Å²) in [4.78, 5) is 15.7. The molecule has 0 aromatic rings. The molecule has 76 valence electrons. The molecule has 0 radical (unpaired) electrons. The Morgan fingerprint density at radius 1 is 1.57 bits per heavy atom. The molecule has 0 heterocycles. The second-order valence-electron chi connectivity index (χ2n) is 3.85. The minimum Gasteiger partial charge on any atom is -0.292 e. The van der Waals surface area contributed by atoms with Gasteiger partial charge in [-0.15, -0.1) is 0 Å². The van der Waals surface area contributed by atoms with Crippen molar-refractivity contribution >= 4 is 12.0 Å². The predicted molar refractivity (Wildman–Crippen MR) is 59.4 cm³/mol. The molecule has 1 saturated carbocycles. The SMILES string of the molecule is C=C(C)C=N/C(=C\C)C(=O)CC1CC1. The van der Waals surface area contributed by atoms with E-state index in [4.69, 9.17) is 0 Å². The van der Waals surface area contributed by atoms with Crippen molar-refractivity contribution in [1.82, 2.24) is 0 Å². The molecule has 2 nitrogen and oxygen atoms in total. The second kappa shape index (κ2) is 4.89. The fraction of sp³-hybridized carbons (Fsp3) is 0.500. The Morgan fingerprint density at radius 3 is 2.64 bits per heavy atom. The van der Waals surface area contributed by atoms with Crippen LogP contribution >= 0.6 is 0 Å². The monoisotopic (exact) mass is 191 g/mol. The lowest BCUT2D eigenvalue weighted by molar-refractivity contribution is -0.115. The molecule has 0 spiro atoms. The number of allylic oxidation sites excluding steroid dienone is 3. The summed E-state index contributed by atoms with van der Waals surface area (Å²) in [7, 11) is 0. The molecule has 0 aromatic carbocycles. The number of hydrogen-bond acceptors (Lipinski definition) is 2. The highest BCUT2D eigenvalue weighted by Crippen LogP contribution is 2.33. The van der Waals surface area contributed by atoms with Crippen molar-refractivity contribution in [2.75, 3.05) is 0 Å². The number of ketones is 1. The zero-order valence-electron chi connectivity index (χ0n) is 8.92. The van der Waals surface area contributed by atoms with Crippen LogP contribution in [0.5, 0.6) is 0 Å². The number of rotatable bonds is 5. The summed E-state index contributed by atoms with van der Waals surface area (Å²) >= 11 is 0. The maximum atomic E-state index is 11.6. The lowest BCUT2D eigenvalue weighted by Gasteiger charge is -1.98. The molecule has 2 heteroatoms. The van der Waals surface area contributed by atoms with Crippen molar-refractivity contribution in [3.05, 3.63) is 23.9 Å². The lowest BCUT2D eigenvalue weighted by atomic mass is 10.1. The summed E-state index contributed by atoms with van der Waals surface area (Å²) in [6.45, 7) is 7.41. The largest absolute Gasteiger partial charge is 0.292 e. The fourth-order valence-electron chi connectivity index (χ4n) is 1.18. The van der Waals surface area contributed by atoms with Crippen LogP contribution in [0, 0.1) is 5.92 Å². The Bertz CT molecular complexity index is 295. The Balaban J connectivity index is 2.52. The first-order valence-electron chi connectivity index (χ1n) is 5.02. The maximum Gasteiger partial charge on any atom is 0.181 e. The molecule has 0 N–H and O–H groups in total. The van der Waals surface area contributed by atoms with Gasteiger partial charge >= 0.3 is 0 Å². The predicted octanol–water partition coefficient (Wildman–Crippen LogP) is 2.91. The van der Waals surface area contributed by atoms with Crippen LogP contribution in [0.1, 0.15) is 33.1 Å². The van der Waals surface area contributed by atoms with E-state index in [-0.39, 0.29) is 5.78 Å². The molecule has 0 atom stereocenters. The van der Waals surface area contributed by atoms with E-state index in [0.717, 1.165) is 5.57 Å². The van der Waals surface area contributed by atoms with Crippen molar-refractivity contribution in [2.24, 2.45) is 10.9 Å². The van der Waals surface area contributed by atoms with E-state index in [1.165, 1.54) is 12.8 Å². The standard InChI is InChI=1S/C12H17NO/c1-4-11(13-8-9(2)3)12(14)7-10-5-6-10/h4,8,10H,2,5-7H2,1,3H3/b11-4-,13-8?. The van der Waals surface area contributed by atoms with Crippen molar-refractivity contribution in [2.45, 2.75) is 33.1 Å². The van der Waals surface area contributed by atoms with Crippen LogP contribution in [0.25, 0.3) is 0 Å². The Labute approximate surface area is 85.4 Å². The zero-order valence-corrected chi connectivity index (χ0v) is 8.92. The molecule has 1 fully saturated rings. The van der Waals surface area contributed by atoms with Gasteiger partial charge in [-0.3, -0.25) is 9.79 Å². The fourth-order valence-corrected chi connectivity index (χ4v) is 1.18. The summed E-state index contributed by atoms with van der Waals surface area (Å²) in [5.41, 5.74) is 1.43. The highest BCUT2D eigenvalue weighted by Gasteiger charge is 2.25. The van der Waals surface area contributed by atoms with Crippen LogP contribution in [0.15, 0.2) is 28.9 Å². The first kappa shape index (κ1) is 10.9. The van der Waals surface area contributed by atoms with Gasteiger partial charge in [0.25, 0.3) is 0 Å². The average Bonchev–Trinajstić information content (AvgIpc) is 2.88. The van der Waals surface area contributed by atoms with Gasteiger partial charge in [-0.05, 0) is 38.2 Å². The van der Waals surface area contributed by atoms with Gasteiger partial charge in [0.2, 0.25) is 0 Å². The van der Waals surface area contributed by atoms with Crippen molar-refractivity contribution in [3.8, 4) is 0 Å². The number of hydrogen-bond donors (Lipinski definition) is 0. The number of carbonyl (C=O) groups is 1. The van der Waals surface area contributed by atoms with Gasteiger partial charge in [0.15, 0.2) is 5.78 Å². The zero-order chi connectivity index (χ0) is 10.6. The van der Waals surface area contributed by atoms with Crippen LogP contribution in [-0.4, -0.2) is 12.0 Å². The Hall–Kier alpha value is -1.18. The Kier molecular flexibility index (Phi) is 3.81. The quantitative estimate of drug-likeness (QED) is 0.485. The van der Waals surface area contributed by atoms with E-state index >= 15 is 0 Å². The first-order valence-corrected chi connectivity index (χ1v) is 5.02. The smallest absolute Gasteiger partial charge is 0.181 e. The molecule has 1 rings (SSSR count). The van der Waals surface area contributed by atoms with Crippen molar-refractivity contribution in [1.29, 1.82) is 0 Å². The first-order chi connectivity index (χ1) is 6.63. The normalized spacial score (nSPS) is 17.4. The summed E-state index contributed by atoms with van der Waals surface area (Å²) < 4.78 is 0. The van der Waals surface area contributed by atoms with Crippen LogP contribution in [0.2, 0.25) is 0 Å². The van der Waals surface area contributed by atoms with Gasteiger partial charge in [0, 0.05) is 12.6 Å². The number of carbonyl (C=O) groups excluding carboxylic acids is 1. The second-order valence-corrected chi connectivity index (χ2v) is 3.85. The van der Waals surface area contributed by atoms with E-state index in [0.29, 0.717) is 18.0 Å². The summed E-state index contributed by atoms with van der Waals surface area (Å²) in [6.07, 6.45) is 6.47. The van der Waals surface area contributed by atoms with Gasteiger partial charge < -0.3 is 0 Å². The summed E-state index contributed by atoms with van der Waals surface area (Å²) in [5, 5.41) is 0. The van der Waals surface area contributed by atoms with E-state index in [1.54, 1.807) is 12.3 Å². The van der Waals surface area contributed by atoms with Crippen LogP contribution in [0.4, 0.5) is 0 Å². The van der Waals surface area contributed by atoms with Crippen LogP contribution in [-0.2, 0) is 4.79 Å².